The molecule has 0 saturated carbocycles. The van der Waals surface area contributed by atoms with Crippen LogP contribution in [0.3, 0.4) is 0 Å². The molecule has 118 valence electrons. The van der Waals surface area contributed by atoms with E-state index >= 15 is 0 Å². The van der Waals surface area contributed by atoms with Crippen LogP contribution in [0.5, 0.6) is 0 Å². The van der Waals surface area contributed by atoms with Gasteiger partial charge in [0.1, 0.15) is 6.10 Å². The lowest BCUT2D eigenvalue weighted by Gasteiger charge is -2.24. The molecule has 2 heterocycles. The van der Waals surface area contributed by atoms with E-state index in [2.05, 4.69) is 18.1 Å². The van der Waals surface area contributed by atoms with Crippen LogP contribution in [0.4, 0.5) is 0 Å². The van der Waals surface area contributed by atoms with Crippen LogP contribution < -0.4 is 0 Å². The van der Waals surface area contributed by atoms with Crippen LogP contribution in [0.2, 0.25) is 0 Å². The summed E-state index contributed by atoms with van der Waals surface area (Å²) in [6, 6.07) is 2.06. The molecule has 1 aromatic heterocycles. The minimum atomic E-state index is 0.113. The number of aliphatic imine (C=N–C) groups is 1. The average Bonchev–Trinajstić information content (AvgIpc) is 3.05. The van der Waals surface area contributed by atoms with Crippen molar-refractivity contribution in [3.63, 3.8) is 0 Å². The number of ether oxygens (including phenoxy) is 1. The maximum Gasteiger partial charge on any atom is 0.195 e. The molecule has 1 aromatic rings. The van der Waals surface area contributed by atoms with E-state index in [9.17, 15) is 0 Å². The van der Waals surface area contributed by atoms with E-state index in [1.54, 1.807) is 0 Å². The summed E-state index contributed by atoms with van der Waals surface area (Å²) in [6.07, 6.45) is 3.02. The van der Waals surface area contributed by atoms with Crippen molar-refractivity contribution >= 4 is 5.96 Å². The molecule has 0 radical (unpaired) electrons. The molecule has 1 fully saturated rings. The number of guanidine groups is 1. The molecular weight excluding hydrogens is 266 g/mol. The minimum Gasteiger partial charge on any atom is -0.372 e. The van der Waals surface area contributed by atoms with Crippen LogP contribution in [0.25, 0.3) is 0 Å². The van der Waals surface area contributed by atoms with Gasteiger partial charge >= 0.3 is 0 Å². The van der Waals surface area contributed by atoms with Gasteiger partial charge in [0.15, 0.2) is 5.96 Å². The van der Waals surface area contributed by atoms with Crippen LogP contribution in [0.15, 0.2) is 17.3 Å². The molecule has 1 aliphatic heterocycles. The molecule has 2 rings (SSSR count). The third kappa shape index (κ3) is 3.56. The molecule has 1 aliphatic rings. The minimum absolute atomic E-state index is 0.113. The Morgan fingerprint density at radius 2 is 2.10 bits per heavy atom. The predicted molar refractivity (Wildman–Crippen MR) is 84.4 cm³/mol. The van der Waals surface area contributed by atoms with Gasteiger partial charge in [-0.2, -0.15) is 5.10 Å². The molecule has 0 bridgehead atoms. The van der Waals surface area contributed by atoms with E-state index in [0.717, 1.165) is 32.1 Å². The average molecular weight is 293 g/mol. The molecule has 0 aliphatic carbocycles. The van der Waals surface area contributed by atoms with E-state index in [1.165, 1.54) is 5.69 Å². The molecule has 0 N–H and O–H groups in total. The Morgan fingerprint density at radius 1 is 1.38 bits per heavy atom. The summed E-state index contributed by atoms with van der Waals surface area (Å²) in [5.41, 5.74) is 1.17. The summed E-state index contributed by atoms with van der Waals surface area (Å²) >= 11 is 0. The first-order valence-electron chi connectivity index (χ1n) is 7.57. The van der Waals surface area contributed by atoms with Crippen molar-refractivity contribution < 1.29 is 4.74 Å². The zero-order valence-electron chi connectivity index (χ0n) is 13.8. The summed E-state index contributed by atoms with van der Waals surface area (Å²) in [5.74, 6) is 1.41. The Morgan fingerprint density at radius 3 is 2.71 bits per heavy atom. The molecule has 1 saturated heterocycles. The van der Waals surface area contributed by atoms with E-state index in [-0.39, 0.29) is 6.10 Å². The number of hydrogen-bond acceptors (Lipinski definition) is 3. The monoisotopic (exact) mass is 293 g/mol. The van der Waals surface area contributed by atoms with Gasteiger partial charge in [-0.1, -0.05) is 0 Å². The molecule has 6 heteroatoms. The number of rotatable bonds is 4. The SMILES string of the molecule is CCn1nccc1[C@@H]1OCC[C@H]1CN=C(N(C)C)N(C)C. The molecular formula is C15H27N5O. The first-order valence-corrected chi connectivity index (χ1v) is 7.57. The molecule has 0 spiro atoms. The van der Waals surface area contributed by atoms with Gasteiger partial charge in [0.2, 0.25) is 0 Å². The Kier molecular flexibility index (Phi) is 5.22. The van der Waals surface area contributed by atoms with Gasteiger partial charge in [0.25, 0.3) is 0 Å². The van der Waals surface area contributed by atoms with Crippen molar-refractivity contribution in [2.24, 2.45) is 10.9 Å². The van der Waals surface area contributed by atoms with Crippen LogP contribution in [0.1, 0.15) is 25.1 Å². The second kappa shape index (κ2) is 6.93. The Balaban J connectivity index is 2.11. The lowest BCUT2D eigenvalue weighted by Crippen LogP contribution is -2.36. The molecule has 0 aromatic carbocycles. The third-order valence-electron chi connectivity index (χ3n) is 3.82. The van der Waals surface area contributed by atoms with Crippen LogP contribution in [-0.2, 0) is 11.3 Å². The number of hydrogen-bond donors (Lipinski definition) is 0. The van der Waals surface area contributed by atoms with Crippen LogP contribution in [0, 0.1) is 5.92 Å². The van der Waals surface area contributed by atoms with Gasteiger partial charge in [0.05, 0.1) is 5.69 Å². The molecule has 2 atom stereocenters. The number of aryl methyl sites for hydroxylation is 1. The maximum absolute atomic E-state index is 5.95. The fourth-order valence-electron chi connectivity index (χ4n) is 2.88. The Hall–Kier alpha value is -1.56. The van der Waals surface area contributed by atoms with Crippen molar-refractivity contribution in [2.45, 2.75) is 26.0 Å². The normalized spacial score (nSPS) is 21.4. The molecule has 0 amide bonds. The summed E-state index contributed by atoms with van der Waals surface area (Å²) in [7, 11) is 8.09. The van der Waals surface area contributed by atoms with Crippen molar-refractivity contribution in [2.75, 3.05) is 41.3 Å². The van der Waals surface area contributed by atoms with E-state index in [0.29, 0.717) is 5.92 Å². The van der Waals surface area contributed by atoms with E-state index in [1.807, 2.05) is 48.9 Å². The van der Waals surface area contributed by atoms with Crippen molar-refractivity contribution in [1.29, 1.82) is 0 Å². The zero-order chi connectivity index (χ0) is 15.4. The van der Waals surface area contributed by atoms with Gasteiger partial charge in [-0.05, 0) is 19.4 Å². The largest absolute Gasteiger partial charge is 0.372 e. The quantitative estimate of drug-likeness (QED) is 0.623. The third-order valence-corrected chi connectivity index (χ3v) is 3.82. The van der Waals surface area contributed by atoms with Gasteiger partial charge in [0, 0.05) is 60.0 Å². The van der Waals surface area contributed by atoms with Crippen molar-refractivity contribution in [3.8, 4) is 0 Å². The number of aromatic nitrogens is 2. The Labute approximate surface area is 127 Å². The number of nitrogens with zero attached hydrogens (tertiary/aromatic N) is 5. The first-order chi connectivity index (χ1) is 10.0. The standard InChI is InChI=1S/C15H27N5O/c1-6-20-13(7-9-17-20)14-12(8-10-21-14)11-16-15(18(2)3)19(4)5/h7,9,12,14H,6,8,10-11H2,1-5H3/t12-,14+/m0/s1. The highest BCUT2D eigenvalue weighted by molar-refractivity contribution is 5.79. The zero-order valence-corrected chi connectivity index (χ0v) is 13.8. The van der Waals surface area contributed by atoms with Gasteiger partial charge in [-0.15, -0.1) is 0 Å². The highest BCUT2D eigenvalue weighted by Crippen LogP contribution is 2.34. The van der Waals surface area contributed by atoms with E-state index in [4.69, 9.17) is 9.73 Å². The highest BCUT2D eigenvalue weighted by Gasteiger charge is 2.31. The van der Waals surface area contributed by atoms with Crippen molar-refractivity contribution in [3.05, 3.63) is 18.0 Å². The van der Waals surface area contributed by atoms with Crippen LogP contribution >= 0.6 is 0 Å². The molecule has 0 unspecified atom stereocenters. The van der Waals surface area contributed by atoms with Gasteiger partial charge in [-0.3, -0.25) is 9.67 Å². The highest BCUT2D eigenvalue weighted by atomic mass is 16.5. The summed E-state index contributed by atoms with van der Waals surface area (Å²) in [4.78, 5) is 8.86. The van der Waals surface area contributed by atoms with Gasteiger partial charge < -0.3 is 14.5 Å². The van der Waals surface area contributed by atoms with E-state index < -0.39 is 0 Å². The fraction of sp³-hybridized carbons (Fsp3) is 0.733. The summed E-state index contributed by atoms with van der Waals surface area (Å²) in [5, 5.41) is 4.35. The molecule has 21 heavy (non-hydrogen) atoms. The smallest absolute Gasteiger partial charge is 0.195 e. The lowest BCUT2D eigenvalue weighted by atomic mass is 9.99. The summed E-state index contributed by atoms with van der Waals surface area (Å²) < 4.78 is 7.97. The second-order valence-electron chi connectivity index (χ2n) is 5.84. The first kappa shape index (κ1) is 15.8. The fourth-order valence-corrected chi connectivity index (χ4v) is 2.88. The summed E-state index contributed by atoms with van der Waals surface area (Å²) in [6.45, 7) is 4.57. The predicted octanol–water partition coefficient (Wildman–Crippen LogP) is 1.46. The second-order valence-corrected chi connectivity index (χ2v) is 5.84. The van der Waals surface area contributed by atoms with Crippen LogP contribution in [-0.4, -0.2) is 66.9 Å². The van der Waals surface area contributed by atoms with Crippen molar-refractivity contribution in [1.82, 2.24) is 19.6 Å². The molecule has 6 nitrogen and oxygen atoms in total. The maximum atomic E-state index is 5.95. The Bertz CT molecular complexity index is 470. The lowest BCUT2D eigenvalue weighted by molar-refractivity contribution is 0.0850. The van der Waals surface area contributed by atoms with Gasteiger partial charge in [-0.25, -0.2) is 0 Å². The topological polar surface area (TPSA) is 45.9 Å².